The Morgan fingerprint density at radius 3 is 2.33 bits per heavy atom. The Kier molecular flexibility index (Phi) is 3.92. The number of rotatable bonds is 4. The van der Waals surface area contributed by atoms with Crippen molar-refractivity contribution in [3.63, 3.8) is 0 Å². The van der Waals surface area contributed by atoms with Crippen molar-refractivity contribution in [3.8, 4) is 22.6 Å². The third kappa shape index (κ3) is 3.20. The van der Waals surface area contributed by atoms with E-state index >= 15 is 0 Å². The maximum atomic E-state index is 4.67. The largest absolute Gasteiger partial charge is 0.338 e. The number of fused-ring (bicyclic) bond motifs is 1. The summed E-state index contributed by atoms with van der Waals surface area (Å²) in [7, 11) is 0. The van der Waals surface area contributed by atoms with Crippen LogP contribution in [0.5, 0.6) is 0 Å². The number of aromatic amines is 1. The van der Waals surface area contributed by atoms with Crippen LogP contribution in [0.25, 0.3) is 33.7 Å². The fourth-order valence-corrected chi connectivity index (χ4v) is 3.74. The van der Waals surface area contributed by atoms with E-state index in [1.807, 2.05) is 54.6 Å². The Morgan fingerprint density at radius 2 is 1.52 bits per heavy atom. The zero-order chi connectivity index (χ0) is 18.1. The first kappa shape index (κ1) is 15.8. The van der Waals surface area contributed by atoms with Gasteiger partial charge in [-0.15, -0.1) is 11.3 Å². The van der Waals surface area contributed by atoms with E-state index in [-0.39, 0.29) is 0 Å². The molecule has 0 bridgehead atoms. The van der Waals surface area contributed by atoms with Crippen molar-refractivity contribution in [3.05, 3.63) is 84.2 Å². The van der Waals surface area contributed by atoms with Gasteiger partial charge in [0.1, 0.15) is 5.82 Å². The van der Waals surface area contributed by atoms with Crippen LogP contribution in [0.4, 0.5) is 10.8 Å². The Balaban J connectivity index is 1.36. The molecule has 4 nitrogen and oxygen atoms in total. The third-order valence-electron chi connectivity index (χ3n) is 4.37. The smallest absolute Gasteiger partial charge is 0.187 e. The second-order valence-electron chi connectivity index (χ2n) is 6.21. The molecule has 5 aromatic rings. The van der Waals surface area contributed by atoms with Crippen LogP contribution in [0, 0.1) is 0 Å². The molecule has 0 spiro atoms. The number of H-pyrrole nitrogens is 1. The highest BCUT2D eigenvalue weighted by Crippen LogP contribution is 2.28. The van der Waals surface area contributed by atoms with Crippen LogP contribution in [0.15, 0.2) is 84.2 Å². The molecule has 0 fully saturated rings. The molecule has 0 saturated heterocycles. The van der Waals surface area contributed by atoms with E-state index in [1.54, 1.807) is 11.3 Å². The number of para-hydroxylation sites is 2. The van der Waals surface area contributed by atoms with Crippen LogP contribution in [0.2, 0.25) is 0 Å². The molecule has 0 aliphatic rings. The van der Waals surface area contributed by atoms with Gasteiger partial charge in [-0.25, -0.2) is 9.97 Å². The van der Waals surface area contributed by atoms with Gasteiger partial charge in [-0.3, -0.25) is 0 Å². The van der Waals surface area contributed by atoms with Crippen LogP contribution in [-0.4, -0.2) is 15.0 Å². The van der Waals surface area contributed by atoms with Gasteiger partial charge in [-0.05, 0) is 36.4 Å². The number of nitrogens with one attached hydrogen (secondary N) is 2. The van der Waals surface area contributed by atoms with Gasteiger partial charge in [0.05, 0.1) is 16.7 Å². The first-order valence-corrected chi connectivity index (χ1v) is 9.56. The highest BCUT2D eigenvalue weighted by molar-refractivity contribution is 7.14. The first-order chi connectivity index (χ1) is 13.3. The van der Waals surface area contributed by atoms with Gasteiger partial charge in [0.15, 0.2) is 5.13 Å². The maximum Gasteiger partial charge on any atom is 0.187 e. The summed E-state index contributed by atoms with van der Waals surface area (Å²) in [5.41, 5.74) is 6.20. The molecule has 0 amide bonds. The van der Waals surface area contributed by atoms with Crippen molar-refractivity contribution >= 4 is 33.2 Å². The number of aromatic nitrogens is 3. The molecule has 2 N–H and O–H groups in total. The van der Waals surface area contributed by atoms with Gasteiger partial charge in [-0.2, -0.15) is 0 Å². The minimum atomic E-state index is 0.878. The summed E-state index contributed by atoms with van der Waals surface area (Å²) < 4.78 is 0. The molecule has 0 unspecified atom stereocenters. The summed E-state index contributed by atoms with van der Waals surface area (Å²) >= 11 is 1.60. The fourth-order valence-electron chi connectivity index (χ4n) is 3.00. The van der Waals surface area contributed by atoms with Gasteiger partial charge in [-0.1, -0.05) is 42.5 Å². The van der Waals surface area contributed by atoms with E-state index in [0.717, 1.165) is 44.5 Å². The summed E-state index contributed by atoms with van der Waals surface area (Å²) in [6.07, 6.45) is 0. The van der Waals surface area contributed by atoms with Crippen molar-refractivity contribution in [1.29, 1.82) is 0 Å². The molecule has 27 heavy (non-hydrogen) atoms. The Hall–Kier alpha value is -3.44. The number of benzene rings is 3. The average molecular weight is 368 g/mol. The molecule has 130 valence electrons. The van der Waals surface area contributed by atoms with Crippen LogP contribution in [0.1, 0.15) is 0 Å². The van der Waals surface area contributed by atoms with E-state index in [0.29, 0.717) is 0 Å². The summed E-state index contributed by atoms with van der Waals surface area (Å²) in [6.45, 7) is 0. The van der Waals surface area contributed by atoms with Crippen LogP contribution in [-0.2, 0) is 0 Å². The lowest BCUT2D eigenvalue weighted by Crippen LogP contribution is -1.90. The fraction of sp³-hybridized carbons (Fsp3) is 0. The summed E-state index contributed by atoms with van der Waals surface area (Å²) in [5, 5.41) is 6.33. The van der Waals surface area contributed by atoms with Crippen LogP contribution in [0.3, 0.4) is 0 Å². The second-order valence-corrected chi connectivity index (χ2v) is 7.07. The molecule has 0 aliphatic carbocycles. The zero-order valence-corrected chi connectivity index (χ0v) is 15.2. The molecule has 0 saturated carbocycles. The van der Waals surface area contributed by atoms with E-state index in [1.165, 1.54) is 0 Å². The molecule has 5 heteroatoms. The standard InChI is InChI=1S/C22H16N4S/c1-2-6-15(7-3-1)20-14-27-22(26-20)23-17-12-10-16(11-13-17)21-24-18-8-4-5-9-19(18)25-21/h1-14H,(H,23,26)(H,24,25). The normalized spacial score (nSPS) is 11.0. The summed E-state index contributed by atoms with van der Waals surface area (Å²) in [4.78, 5) is 12.7. The lowest BCUT2D eigenvalue weighted by atomic mass is 10.2. The van der Waals surface area contributed by atoms with E-state index in [2.05, 4.69) is 49.9 Å². The lowest BCUT2D eigenvalue weighted by molar-refractivity contribution is 1.33. The Bertz CT molecular complexity index is 1160. The lowest BCUT2D eigenvalue weighted by Gasteiger charge is -2.03. The molecule has 3 aromatic carbocycles. The van der Waals surface area contributed by atoms with E-state index < -0.39 is 0 Å². The molecule has 2 heterocycles. The number of anilines is 2. The Morgan fingerprint density at radius 1 is 0.741 bits per heavy atom. The van der Waals surface area contributed by atoms with Crippen molar-refractivity contribution in [1.82, 2.24) is 15.0 Å². The topological polar surface area (TPSA) is 53.6 Å². The third-order valence-corrected chi connectivity index (χ3v) is 5.13. The van der Waals surface area contributed by atoms with Gasteiger partial charge in [0, 0.05) is 22.2 Å². The number of hydrogen-bond acceptors (Lipinski definition) is 4. The summed E-state index contributed by atoms with van der Waals surface area (Å²) in [5.74, 6) is 0.878. The average Bonchev–Trinajstić information content (AvgIpc) is 3.36. The zero-order valence-electron chi connectivity index (χ0n) is 14.4. The minimum Gasteiger partial charge on any atom is -0.338 e. The van der Waals surface area contributed by atoms with Gasteiger partial charge in [0.2, 0.25) is 0 Å². The molecule has 0 aliphatic heterocycles. The molecule has 0 radical (unpaired) electrons. The maximum absolute atomic E-state index is 4.67. The minimum absolute atomic E-state index is 0.878. The SMILES string of the molecule is c1ccc(-c2csc(Nc3ccc(-c4nc5ccccc5[nH]4)cc3)n2)cc1. The molecular formula is C22H16N4S. The van der Waals surface area contributed by atoms with E-state index in [4.69, 9.17) is 0 Å². The Labute approximate surface area is 160 Å². The van der Waals surface area contributed by atoms with Gasteiger partial charge in [0.25, 0.3) is 0 Å². The van der Waals surface area contributed by atoms with Gasteiger partial charge >= 0.3 is 0 Å². The predicted molar refractivity (Wildman–Crippen MR) is 112 cm³/mol. The van der Waals surface area contributed by atoms with Crippen molar-refractivity contribution in [2.75, 3.05) is 5.32 Å². The van der Waals surface area contributed by atoms with Gasteiger partial charge < -0.3 is 10.3 Å². The van der Waals surface area contributed by atoms with Crippen molar-refractivity contribution in [2.45, 2.75) is 0 Å². The molecule has 0 atom stereocenters. The number of thiazole rings is 1. The molecule has 2 aromatic heterocycles. The molecule has 5 rings (SSSR count). The summed E-state index contributed by atoms with van der Waals surface area (Å²) in [6, 6.07) is 26.5. The number of nitrogens with zero attached hydrogens (tertiary/aromatic N) is 2. The quantitative estimate of drug-likeness (QED) is 0.403. The van der Waals surface area contributed by atoms with Crippen molar-refractivity contribution < 1.29 is 0 Å². The number of hydrogen-bond donors (Lipinski definition) is 2. The van der Waals surface area contributed by atoms with Crippen LogP contribution < -0.4 is 5.32 Å². The highest BCUT2D eigenvalue weighted by atomic mass is 32.1. The number of imidazole rings is 1. The molecular weight excluding hydrogens is 352 g/mol. The monoisotopic (exact) mass is 368 g/mol. The second kappa shape index (κ2) is 6.70. The van der Waals surface area contributed by atoms with Crippen LogP contribution >= 0.6 is 11.3 Å². The van der Waals surface area contributed by atoms with Crippen molar-refractivity contribution in [2.24, 2.45) is 0 Å². The predicted octanol–water partition coefficient (Wildman–Crippen LogP) is 6.10. The highest BCUT2D eigenvalue weighted by Gasteiger charge is 2.07. The van der Waals surface area contributed by atoms with E-state index in [9.17, 15) is 0 Å². The first-order valence-electron chi connectivity index (χ1n) is 8.68.